The van der Waals surface area contributed by atoms with E-state index in [1.807, 2.05) is 0 Å². The summed E-state index contributed by atoms with van der Waals surface area (Å²) >= 11 is 0. The lowest BCUT2D eigenvalue weighted by molar-refractivity contribution is -0.0141. The van der Waals surface area contributed by atoms with Crippen molar-refractivity contribution in [1.82, 2.24) is 0 Å². The standard InChI is InChI=1S/C41H60/c1-39(2,3)32-21-23-34-36(25-32)37-26-33(40(4,5)6)22-24-35(37)38(34)41(31-19-13-14-20-31,27-29-15-9-7-10-16-29)28-30-17-11-8-12-18-30/h7-12,15-18,31-38H,13-14,19-28H2,1-6H3. The van der Waals surface area contributed by atoms with Gasteiger partial charge in [0.15, 0.2) is 0 Å². The lowest BCUT2D eigenvalue weighted by Gasteiger charge is -2.52. The third kappa shape index (κ3) is 5.85. The molecule has 4 aliphatic rings. The fraction of sp³-hybridized carbons (Fsp3) is 0.707. The Balaban J connectivity index is 1.47. The van der Waals surface area contributed by atoms with E-state index in [4.69, 9.17) is 0 Å². The predicted octanol–water partition coefficient (Wildman–Crippen LogP) is 11.4. The predicted molar refractivity (Wildman–Crippen MR) is 176 cm³/mol. The maximum Gasteiger partial charge on any atom is -0.0155 e. The molecule has 0 bridgehead atoms. The first kappa shape index (κ1) is 29.5. The van der Waals surface area contributed by atoms with Crippen molar-refractivity contribution in [3.8, 4) is 0 Å². The van der Waals surface area contributed by atoms with E-state index < -0.39 is 0 Å². The van der Waals surface area contributed by atoms with Gasteiger partial charge < -0.3 is 0 Å². The third-order valence-corrected chi connectivity index (χ3v) is 13.4. The quantitative estimate of drug-likeness (QED) is 0.334. The number of benzene rings is 2. The summed E-state index contributed by atoms with van der Waals surface area (Å²) in [5, 5.41) is 0. The summed E-state index contributed by atoms with van der Waals surface area (Å²) in [4.78, 5) is 0. The molecule has 0 spiro atoms. The van der Waals surface area contributed by atoms with Crippen LogP contribution in [0.25, 0.3) is 0 Å². The molecule has 0 aliphatic heterocycles. The first-order valence-electron chi connectivity index (χ1n) is 17.6. The van der Waals surface area contributed by atoms with Gasteiger partial charge in [-0.25, -0.2) is 0 Å². The SMILES string of the molecule is CC(C)(C)C1CCC2C(C1)C1CC(C(C)(C)C)CCC1C2C(Cc1ccccc1)(Cc1ccccc1)C1CCCC1. The average Bonchev–Trinajstić information content (AvgIpc) is 3.60. The second kappa shape index (κ2) is 11.5. The van der Waals surface area contributed by atoms with Gasteiger partial charge in [0.05, 0.1) is 0 Å². The number of fused-ring (bicyclic) bond motifs is 3. The highest BCUT2D eigenvalue weighted by Gasteiger charge is 2.62. The molecule has 0 heterocycles. The van der Waals surface area contributed by atoms with Gasteiger partial charge in [0.1, 0.15) is 0 Å². The van der Waals surface area contributed by atoms with Gasteiger partial charge in [-0.2, -0.15) is 0 Å². The van der Waals surface area contributed by atoms with E-state index in [0.29, 0.717) is 16.2 Å². The Kier molecular flexibility index (Phi) is 8.28. The molecular weight excluding hydrogens is 492 g/mol. The third-order valence-electron chi connectivity index (χ3n) is 13.4. The summed E-state index contributed by atoms with van der Waals surface area (Å²) in [5.41, 5.74) is 4.45. The van der Waals surface area contributed by atoms with Crippen LogP contribution < -0.4 is 0 Å². The van der Waals surface area contributed by atoms with Gasteiger partial charge in [-0.1, -0.05) is 115 Å². The Morgan fingerprint density at radius 2 is 0.902 bits per heavy atom. The average molecular weight is 553 g/mol. The molecule has 224 valence electrons. The van der Waals surface area contributed by atoms with Crippen molar-refractivity contribution in [2.75, 3.05) is 0 Å². The van der Waals surface area contributed by atoms with Crippen molar-refractivity contribution in [2.45, 2.75) is 119 Å². The molecule has 6 atom stereocenters. The second-order valence-electron chi connectivity index (χ2n) is 17.5. The van der Waals surface area contributed by atoms with Crippen molar-refractivity contribution in [2.24, 2.45) is 63.6 Å². The van der Waals surface area contributed by atoms with Crippen LogP contribution in [0.3, 0.4) is 0 Å². The molecule has 0 amide bonds. The van der Waals surface area contributed by atoms with E-state index in [9.17, 15) is 0 Å². The molecule has 6 unspecified atom stereocenters. The van der Waals surface area contributed by atoms with Crippen molar-refractivity contribution in [3.05, 3.63) is 71.8 Å². The highest BCUT2D eigenvalue weighted by Crippen LogP contribution is 2.68. The fourth-order valence-corrected chi connectivity index (χ4v) is 11.4. The van der Waals surface area contributed by atoms with Crippen molar-refractivity contribution in [3.63, 3.8) is 0 Å². The first-order valence-corrected chi connectivity index (χ1v) is 17.6. The molecule has 2 aromatic rings. The molecular formula is C41H60. The molecule has 0 N–H and O–H groups in total. The van der Waals surface area contributed by atoms with Crippen LogP contribution in [0.15, 0.2) is 60.7 Å². The van der Waals surface area contributed by atoms with Gasteiger partial charge in [0.25, 0.3) is 0 Å². The lowest BCUT2D eigenvalue weighted by atomic mass is 9.52. The summed E-state index contributed by atoms with van der Waals surface area (Å²) < 4.78 is 0. The molecule has 0 aromatic heterocycles. The summed E-state index contributed by atoms with van der Waals surface area (Å²) in [6, 6.07) is 23.5. The van der Waals surface area contributed by atoms with Crippen LogP contribution in [0.4, 0.5) is 0 Å². The molecule has 6 rings (SSSR count). The minimum atomic E-state index is 0.380. The lowest BCUT2D eigenvalue weighted by Crippen LogP contribution is -2.47. The van der Waals surface area contributed by atoms with Crippen molar-refractivity contribution < 1.29 is 0 Å². The number of rotatable bonds is 6. The smallest absolute Gasteiger partial charge is 0.0155 e. The minimum Gasteiger partial charge on any atom is -0.0622 e. The maximum atomic E-state index is 2.54. The Labute approximate surface area is 253 Å². The Morgan fingerprint density at radius 1 is 0.488 bits per heavy atom. The van der Waals surface area contributed by atoms with Crippen molar-refractivity contribution in [1.29, 1.82) is 0 Å². The van der Waals surface area contributed by atoms with Crippen LogP contribution in [0.1, 0.15) is 117 Å². The largest absolute Gasteiger partial charge is 0.0622 e. The van der Waals surface area contributed by atoms with Gasteiger partial charge in [-0.05, 0) is 139 Å². The monoisotopic (exact) mass is 552 g/mol. The molecule has 4 saturated carbocycles. The van der Waals surface area contributed by atoms with E-state index >= 15 is 0 Å². The zero-order chi connectivity index (χ0) is 28.8. The highest BCUT2D eigenvalue weighted by atomic mass is 14.7. The topological polar surface area (TPSA) is 0 Å². The second-order valence-corrected chi connectivity index (χ2v) is 17.5. The van der Waals surface area contributed by atoms with E-state index in [1.165, 1.54) is 77.0 Å². The maximum absolute atomic E-state index is 2.54. The van der Waals surface area contributed by atoms with E-state index in [2.05, 4.69) is 102 Å². The van der Waals surface area contributed by atoms with Crippen LogP contribution in [-0.2, 0) is 12.8 Å². The van der Waals surface area contributed by atoms with Crippen LogP contribution in [0.5, 0.6) is 0 Å². The highest BCUT2D eigenvalue weighted by molar-refractivity contribution is 5.24. The van der Waals surface area contributed by atoms with Gasteiger partial charge in [-0.3, -0.25) is 0 Å². The van der Waals surface area contributed by atoms with E-state index in [1.54, 1.807) is 11.1 Å². The van der Waals surface area contributed by atoms with Crippen LogP contribution in [-0.4, -0.2) is 0 Å². The molecule has 2 aromatic carbocycles. The summed E-state index contributed by atoms with van der Waals surface area (Å²) in [6.07, 6.45) is 17.3. The summed E-state index contributed by atoms with van der Waals surface area (Å²) in [6.45, 7) is 15.2. The summed E-state index contributed by atoms with van der Waals surface area (Å²) in [5.74, 6) is 7.27. The van der Waals surface area contributed by atoms with Gasteiger partial charge in [0.2, 0.25) is 0 Å². The van der Waals surface area contributed by atoms with Crippen LogP contribution in [0.2, 0.25) is 0 Å². The zero-order valence-electron chi connectivity index (χ0n) is 27.4. The van der Waals surface area contributed by atoms with Crippen LogP contribution >= 0.6 is 0 Å². The summed E-state index contributed by atoms with van der Waals surface area (Å²) in [7, 11) is 0. The van der Waals surface area contributed by atoms with Crippen LogP contribution in [0, 0.1) is 63.6 Å². The minimum absolute atomic E-state index is 0.380. The molecule has 0 radical (unpaired) electrons. The molecule has 0 saturated heterocycles. The Hall–Kier alpha value is -1.56. The Morgan fingerprint density at radius 3 is 1.29 bits per heavy atom. The van der Waals surface area contributed by atoms with E-state index in [-0.39, 0.29) is 0 Å². The van der Waals surface area contributed by atoms with Gasteiger partial charge in [-0.15, -0.1) is 0 Å². The molecule has 41 heavy (non-hydrogen) atoms. The molecule has 4 fully saturated rings. The molecule has 0 nitrogen and oxygen atoms in total. The van der Waals surface area contributed by atoms with Gasteiger partial charge >= 0.3 is 0 Å². The normalized spacial score (nSPS) is 33.0. The fourth-order valence-electron chi connectivity index (χ4n) is 11.4. The number of hydrogen-bond donors (Lipinski definition) is 0. The first-order chi connectivity index (χ1) is 19.6. The molecule has 0 heteroatoms. The Bertz CT molecular complexity index is 1030. The molecule has 4 aliphatic carbocycles. The number of hydrogen-bond acceptors (Lipinski definition) is 0. The van der Waals surface area contributed by atoms with E-state index in [0.717, 1.165) is 47.3 Å². The van der Waals surface area contributed by atoms with Crippen molar-refractivity contribution >= 4 is 0 Å². The van der Waals surface area contributed by atoms with Gasteiger partial charge in [0, 0.05) is 0 Å². The zero-order valence-corrected chi connectivity index (χ0v) is 27.4.